The van der Waals surface area contributed by atoms with Crippen LogP contribution in [0.1, 0.15) is 12.0 Å². The molecule has 2 nitrogen and oxygen atoms in total. The standard InChI is InChI=1S/C13H19NOS/c1-16-7-6-13(9-14)8-11-4-2-3-5-12(11)15-10-13/h2-5H,6-10,14H2,1H3. The molecule has 0 radical (unpaired) electrons. The van der Waals surface area contributed by atoms with Crippen LogP contribution < -0.4 is 10.5 Å². The molecule has 1 unspecified atom stereocenters. The lowest BCUT2D eigenvalue weighted by molar-refractivity contribution is 0.123. The van der Waals surface area contributed by atoms with Gasteiger partial charge in [-0.3, -0.25) is 0 Å². The Balaban J connectivity index is 2.15. The van der Waals surface area contributed by atoms with Gasteiger partial charge in [0.1, 0.15) is 5.75 Å². The Labute approximate surface area is 102 Å². The van der Waals surface area contributed by atoms with Crippen LogP contribution in [0.3, 0.4) is 0 Å². The molecular weight excluding hydrogens is 218 g/mol. The first-order chi connectivity index (χ1) is 7.79. The SMILES string of the molecule is CSCCC1(CN)COc2ccccc2C1. The number of fused-ring (bicyclic) bond motifs is 1. The van der Waals surface area contributed by atoms with Gasteiger partial charge in [-0.2, -0.15) is 11.8 Å². The van der Waals surface area contributed by atoms with Crippen LogP contribution in [0.5, 0.6) is 5.75 Å². The van der Waals surface area contributed by atoms with Gasteiger partial charge in [0.25, 0.3) is 0 Å². The maximum absolute atomic E-state index is 5.95. The fraction of sp³-hybridized carbons (Fsp3) is 0.538. The van der Waals surface area contributed by atoms with Crippen molar-refractivity contribution in [2.75, 3.05) is 25.2 Å². The fourth-order valence-corrected chi connectivity index (χ4v) is 2.83. The highest BCUT2D eigenvalue weighted by atomic mass is 32.2. The second-order valence-corrected chi connectivity index (χ2v) is 5.51. The molecule has 0 aliphatic carbocycles. The number of hydrogen-bond acceptors (Lipinski definition) is 3. The summed E-state index contributed by atoms with van der Waals surface area (Å²) in [6.07, 6.45) is 4.33. The molecule has 0 bridgehead atoms. The van der Waals surface area contributed by atoms with Gasteiger partial charge in [-0.1, -0.05) is 18.2 Å². The zero-order valence-electron chi connectivity index (χ0n) is 9.74. The van der Waals surface area contributed by atoms with Crippen molar-refractivity contribution >= 4 is 11.8 Å². The summed E-state index contributed by atoms with van der Waals surface area (Å²) in [5, 5.41) is 0. The maximum atomic E-state index is 5.95. The van der Waals surface area contributed by atoms with E-state index in [1.54, 1.807) is 0 Å². The molecule has 1 aliphatic rings. The van der Waals surface area contributed by atoms with Gasteiger partial charge >= 0.3 is 0 Å². The smallest absolute Gasteiger partial charge is 0.122 e. The molecule has 0 saturated carbocycles. The Hall–Kier alpha value is -0.670. The second kappa shape index (κ2) is 5.11. The number of thioether (sulfide) groups is 1. The van der Waals surface area contributed by atoms with Gasteiger partial charge in [0.15, 0.2) is 0 Å². The molecule has 88 valence electrons. The minimum absolute atomic E-state index is 0.150. The molecule has 3 heteroatoms. The van der Waals surface area contributed by atoms with Gasteiger partial charge in [-0.25, -0.2) is 0 Å². The predicted molar refractivity (Wildman–Crippen MR) is 70.1 cm³/mol. The van der Waals surface area contributed by atoms with E-state index in [4.69, 9.17) is 10.5 Å². The minimum atomic E-state index is 0.150. The van der Waals surface area contributed by atoms with E-state index >= 15 is 0 Å². The monoisotopic (exact) mass is 237 g/mol. The zero-order valence-corrected chi connectivity index (χ0v) is 10.6. The van der Waals surface area contributed by atoms with Crippen LogP contribution in [0.25, 0.3) is 0 Å². The number of nitrogens with two attached hydrogens (primary N) is 1. The van der Waals surface area contributed by atoms with E-state index in [2.05, 4.69) is 18.4 Å². The molecule has 0 amide bonds. The van der Waals surface area contributed by atoms with Crippen molar-refractivity contribution in [1.29, 1.82) is 0 Å². The fourth-order valence-electron chi connectivity index (χ4n) is 2.19. The molecule has 0 spiro atoms. The number of rotatable bonds is 4. The topological polar surface area (TPSA) is 35.2 Å². The molecule has 2 rings (SSSR count). The molecule has 1 atom stereocenters. The molecule has 16 heavy (non-hydrogen) atoms. The molecular formula is C13H19NOS. The molecule has 0 fully saturated rings. The summed E-state index contributed by atoms with van der Waals surface area (Å²) >= 11 is 1.88. The number of ether oxygens (including phenoxy) is 1. The molecule has 1 heterocycles. The molecule has 1 aromatic rings. The maximum Gasteiger partial charge on any atom is 0.122 e. The lowest BCUT2D eigenvalue weighted by Crippen LogP contribution is -2.41. The van der Waals surface area contributed by atoms with Gasteiger partial charge in [0.05, 0.1) is 6.61 Å². The Kier molecular flexibility index (Phi) is 3.77. The van der Waals surface area contributed by atoms with E-state index in [0.717, 1.165) is 31.0 Å². The Morgan fingerprint density at radius 3 is 3.00 bits per heavy atom. The van der Waals surface area contributed by atoms with E-state index in [1.165, 1.54) is 5.56 Å². The quantitative estimate of drug-likeness (QED) is 0.873. The van der Waals surface area contributed by atoms with Crippen molar-refractivity contribution in [1.82, 2.24) is 0 Å². The minimum Gasteiger partial charge on any atom is -0.493 e. The first-order valence-corrected chi connectivity index (χ1v) is 7.09. The molecule has 2 N–H and O–H groups in total. The summed E-state index contributed by atoms with van der Waals surface area (Å²) in [6, 6.07) is 8.29. The third-order valence-electron chi connectivity index (χ3n) is 3.34. The van der Waals surface area contributed by atoms with Gasteiger partial charge < -0.3 is 10.5 Å². The highest BCUT2D eigenvalue weighted by molar-refractivity contribution is 7.98. The summed E-state index contributed by atoms with van der Waals surface area (Å²) in [7, 11) is 0. The number of benzene rings is 1. The largest absolute Gasteiger partial charge is 0.493 e. The summed E-state index contributed by atoms with van der Waals surface area (Å²) in [4.78, 5) is 0. The van der Waals surface area contributed by atoms with Crippen LogP contribution >= 0.6 is 11.8 Å². The van der Waals surface area contributed by atoms with Crippen LogP contribution in [-0.2, 0) is 6.42 Å². The summed E-state index contributed by atoms with van der Waals surface area (Å²) in [6.45, 7) is 1.48. The lowest BCUT2D eigenvalue weighted by Gasteiger charge is -2.37. The normalized spacial score (nSPS) is 23.6. The summed E-state index contributed by atoms with van der Waals surface area (Å²) < 4.78 is 5.84. The first kappa shape index (κ1) is 11.8. The van der Waals surface area contributed by atoms with Crippen LogP contribution in [0.4, 0.5) is 0 Å². The average molecular weight is 237 g/mol. The Morgan fingerprint density at radius 2 is 2.25 bits per heavy atom. The van der Waals surface area contributed by atoms with Gasteiger partial charge in [-0.15, -0.1) is 0 Å². The Bertz CT molecular complexity index is 356. The molecule has 0 aromatic heterocycles. The van der Waals surface area contributed by atoms with Crippen LogP contribution in [0.15, 0.2) is 24.3 Å². The van der Waals surface area contributed by atoms with Crippen LogP contribution in [0.2, 0.25) is 0 Å². The summed E-state index contributed by atoms with van der Waals surface area (Å²) in [5.74, 6) is 2.19. The summed E-state index contributed by atoms with van der Waals surface area (Å²) in [5.41, 5.74) is 7.40. The van der Waals surface area contributed by atoms with E-state index in [0.29, 0.717) is 6.54 Å². The highest BCUT2D eigenvalue weighted by Crippen LogP contribution is 2.36. The van der Waals surface area contributed by atoms with E-state index in [1.807, 2.05) is 23.9 Å². The third-order valence-corrected chi connectivity index (χ3v) is 3.95. The molecule has 0 saturated heterocycles. The lowest BCUT2D eigenvalue weighted by atomic mass is 9.78. The van der Waals surface area contributed by atoms with E-state index in [9.17, 15) is 0 Å². The zero-order chi connectivity index (χ0) is 11.4. The number of para-hydroxylation sites is 1. The predicted octanol–water partition coefficient (Wildman–Crippen LogP) is 2.32. The van der Waals surface area contributed by atoms with Crippen molar-refractivity contribution in [2.24, 2.45) is 11.1 Å². The molecule has 1 aromatic carbocycles. The highest BCUT2D eigenvalue weighted by Gasteiger charge is 2.34. The van der Waals surface area contributed by atoms with Gasteiger partial charge in [0, 0.05) is 12.0 Å². The van der Waals surface area contributed by atoms with Crippen molar-refractivity contribution in [2.45, 2.75) is 12.8 Å². The number of hydrogen-bond donors (Lipinski definition) is 1. The van der Waals surface area contributed by atoms with Gasteiger partial charge in [0.2, 0.25) is 0 Å². The molecule has 1 aliphatic heterocycles. The van der Waals surface area contributed by atoms with Crippen LogP contribution in [0, 0.1) is 5.41 Å². The second-order valence-electron chi connectivity index (χ2n) is 4.52. The average Bonchev–Trinajstić information content (AvgIpc) is 2.36. The van der Waals surface area contributed by atoms with Gasteiger partial charge in [-0.05, 0) is 36.5 Å². The Morgan fingerprint density at radius 1 is 1.44 bits per heavy atom. The van der Waals surface area contributed by atoms with E-state index in [-0.39, 0.29) is 5.41 Å². The van der Waals surface area contributed by atoms with Crippen molar-refractivity contribution in [3.05, 3.63) is 29.8 Å². The van der Waals surface area contributed by atoms with Crippen LogP contribution in [-0.4, -0.2) is 25.2 Å². The third kappa shape index (κ3) is 2.36. The van der Waals surface area contributed by atoms with Crippen molar-refractivity contribution in [3.63, 3.8) is 0 Å². The van der Waals surface area contributed by atoms with Crippen molar-refractivity contribution in [3.8, 4) is 5.75 Å². The first-order valence-electron chi connectivity index (χ1n) is 5.69. The van der Waals surface area contributed by atoms with Crippen molar-refractivity contribution < 1.29 is 4.74 Å². The van der Waals surface area contributed by atoms with E-state index < -0.39 is 0 Å².